The van der Waals surface area contributed by atoms with E-state index in [9.17, 15) is 14.7 Å². The molecule has 9 heteroatoms. The second-order valence-corrected chi connectivity index (χ2v) is 5.95. The fourth-order valence-electron chi connectivity index (χ4n) is 2.86. The maximum atomic E-state index is 11.4. The number of ether oxygens (including phenoxy) is 1. The van der Waals surface area contributed by atoms with Crippen molar-refractivity contribution < 1.29 is 19.4 Å². The van der Waals surface area contributed by atoms with Gasteiger partial charge in [0.2, 0.25) is 0 Å². The molecule has 1 aromatic carbocycles. The van der Waals surface area contributed by atoms with Crippen molar-refractivity contribution >= 4 is 34.3 Å². The van der Waals surface area contributed by atoms with Crippen molar-refractivity contribution in [2.24, 2.45) is 0 Å². The standard InChI is InChI=1S/C18H15N5O4/c1-9(15-17-16(22-8-21-15)11(6-20-17)18(25)26)19-5-10-2-3-13-12(4-10)23-14(24)7-27-13/h2-4,6,8,19-20H,1,5,7H2,(H,23,24)(H,25,26). The predicted octanol–water partition coefficient (Wildman–Crippen LogP) is 1.75. The molecular weight excluding hydrogens is 350 g/mol. The van der Waals surface area contributed by atoms with Gasteiger partial charge in [-0.3, -0.25) is 4.79 Å². The lowest BCUT2D eigenvalue weighted by Crippen LogP contribution is -2.25. The minimum Gasteiger partial charge on any atom is -0.482 e. The first-order valence-corrected chi connectivity index (χ1v) is 8.07. The maximum Gasteiger partial charge on any atom is 0.339 e. The number of nitrogens with zero attached hydrogens (tertiary/aromatic N) is 2. The number of aromatic nitrogens is 3. The van der Waals surface area contributed by atoms with Crippen LogP contribution < -0.4 is 15.4 Å². The number of nitrogens with one attached hydrogen (secondary N) is 3. The monoisotopic (exact) mass is 365 g/mol. The van der Waals surface area contributed by atoms with Gasteiger partial charge in [0.15, 0.2) is 6.61 Å². The van der Waals surface area contributed by atoms with E-state index in [1.165, 1.54) is 12.5 Å². The van der Waals surface area contributed by atoms with Crippen molar-refractivity contribution in [3.63, 3.8) is 0 Å². The summed E-state index contributed by atoms with van der Waals surface area (Å²) in [6.45, 7) is 4.42. The van der Waals surface area contributed by atoms with Gasteiger partial charge < -0.3 is 25.5 Å². The zero-order chi connectivity index (χ0) is 19.0. The van der Waals surface area contributed by atoms with E-state index in [4.69, 9.17) is 4.74 Å². The number of anilines is 1. The second-order valence-electron chi connectivity index (χ2n) is 5.95. The number of carboxylic acids is 1. The van der Waals surface area contributed by atoms with Gasteiger partial charge in [-0.2, -0.15) is 0 Å². The molecule has 9 nitrogen and oxygen atoms in total. The molecule has 4 N–H and O–H groups in total. The highest BCUT2D eigenvalue weighted by molar-refractivity contribution is 6.03. The third kappa shape index (κ3) is 3.06. The summed E-state index contributed by atoms with van der Waals surface area (Å²) in [7, 11) is 0. The number of fused-ring (bicyclic) bond motifs is 2. The van der Waals surface area contributed by atoms with Crippen molar-refractivity contribution in [2.75, 3.05) is 11.9 Å². The molecule has 27 heavy (non-hydrogen) atoms. The van der Waals surface area contributed by atoms with E-state index < -0.39 is 5.97 Å². The van der Waals surface area contributed by atoms with Crippen LogP contribution in [-0.4, -0.2) is 38.5 Å². The number of amides is 1. The minimum absolute atomic E-state index is 0.0135. The SMILES string of the molecule is C=C(NCc1ccc2c(c1)NC(=O)CO2)c1ncnc2c(C(=O)O)c[nH]c12. The lowest BCUT2D eigenvalue weighted by molar-refractivity contribution is -0.118. The van der Waals surface area contributed by atoms with Crippen molar-refractivity contribution in [3.8, 4) is 5.75 Å². The molecule has 3 aromatic rings. The summed E-state index contributed by atoms with van der Waals surface area (Å²) in [5.74, 6) is -0.633. The second kappa shape index (κ2) is 6.45. The van der Waals surface area contributed by atoms with Crippen LogP contribution in [0.25, 0.3) is 16.7 Å². The minimum atomic E-state index is -1.07. The molecule has 136 valence electrons. The summed E-state index contributed by atoms with van der Waals surface area (Å²) < 4.78 is 5.34. The Hall–Kier alpha value is -3.88. The summed E-state index contributed by atoms with van der Waals surface area (Å²) in [4.78, 5) is 33.8. The number of carbonyl (C=O) groups excluding carboxylic acids is 1. The van der Waals surface area contributed by atoms with Crippen molar-refractivity contribution in [1.29, 1.82) is 0 Å². The highest BCUT2D eigenvalue weighted by Gasteiger charge is 2.17. The summed E-state index contributed by atoms with van der Waals surface area (Å²) >= 11 is 0. The maximum absolute atomic E-state index is 11.4. The van der Waals surface area contributed by atoms with Gasteiger partial charge in [-0.05, 0) is 17.7 Å². The first-order valence-electron chi connectivity index (χ1n) is 8.07. The van der Waals surface area contributed by atoms with Gasteiger partial charge in [-0.25, -0.2) is 14.8 Å². The molecule has 0 atom stereocenters. The van der Waals surface area contributed by atoms with Crippen LogP contribution in [0.3, 0.4) is 0 Å². The smallest absolute Gasteiger partial charge is 0.339 e. The van der Waals surface area contributed by atoms with Crippen LogP contribution in [0.5, 0.6) is 5.75 Å². The number of aromatic amines is 1. The fraction of sp³-hybridized carbons (Fsp3) is 0.111. The molecule has 1 amide bonds. The summed E-state index contributed by atoms with van der Waals surface area (Å²) in [5.41, 5.74) is 3.43. The topological polar surface area (TPSA) is 129 Å². The van der Waals surface area contributed by atoms with Crippen molar-refractivity contribution in [3.05, 3.63) is 54.1 Å². The van der Waals surface area contributed by atoms with Crippen LogP contribution in [0.15, 0.2) is 37.3 Å². The molecule has 0 unspecified atom stereocenters. The fourth-order valence-corrected chi connectivity index (χ4v) is 2.86. The number of H-pyrrole nitrogens is 1. The molecule has 0 aliphatic carbocycles. The Morgan fingerprint density at radius 1 is 1.37 bits per heavy atom. The van der Waals surface area contributed by atoms with E-state index in [2.05, 4.69) is 32.2 Å². The molecular formula is C18H15N5O4. The van der Waals surface area contributed by atoms with Crippen LogP contribution in [0.2, 0.25) is 0 Å². The molecule has 1 aliphatic heterocycles. The molecule has 1 aliphatic rings. The predicted molar refractivity (Wildman–Crippen MR) is 97.3 cm³/mol. The van der Waals surface area contributed by atoms with E-state index in [0.29, 0.717) is 40.4 Å². The van der Waals surface area contributed by atoms with Crippen molar-refractivity contribution in [1.82, 2.24) is 20.3 Å². The number of hydrogen-bond acceptors (Lipinski definition) is 6. The average molecular weight is 365 g/mol. The molecule has 0 radical (unpaired) electrons. The Morgan fingerprint density at radius 3 is 3.04 bits per heavy atom. The number of benzene rings is 1. The van der Waals surface area contributed by atoms with Gasteiger partial charge >= 0.3 is 5.97 Å². The zero-order valence-electron chi connectivity index (χ0n) is 14.1. The Morgan fingerprint density at radius 2 is 2.22 bits per heavy atom. The number of hydrogen-bond donors (Lipinski definition) is 4. The Kier molecular flexibility index (Phi) is 3.96. The first kappa shape index (κ1) is 16.6. The van der Waals surface area contributed by atoms with E-state index >= 15 is 0 Å². The normalized spacial score (nSPS) is 12.8. The van der Waals surface area contributed by atoms with Gasteiger partial charge in [0.05, 0.1) is 16.9 Å². The molecule has 0 saturated heterocycles. The molecule has 0 saturated carbocycles. The number of carboxylic acid groups (broad SMARTS) is 1. The average Bonchev–Trinajstić information content (AvgIpc) is 3.10. The van der Waals surface area contributed by atoms with E-state index in [0.717, 1.165) is 5.56 Å². The largest absolute Gasteiger partial charge is 0.482 e. The van der Waals surface area contributed by atoms with Crippen LogP contribution in [0, 0.1) is 0 Å². The van der Waals surface area contributed by atoms with Crippen LogP contribution >= 0.6 is 0 Å². The Labute approximate surface area is 153 Å². The lowest BCUT2D eigenvalue weighted by Gasteiger charge is -2.19. The zero-order valence-corrected chi connectivity index (χ0v) is 14.1. The number of aromatic carboxylic acids is 1. The van der Waals surface area contributed by atoms with E-state index in [1.807, 2.05) is 12.1 Å². The quantitative estimate of drug-likeness (QED) is 0.542. The van der Waals surface area contributed by atoms with E-state index in [-0.39, 0.29) is 18.1 Å². The van der Waals surface area contributed by atoms with E-state index in [1.54, 1.807) is 6.07 Å². The molecule has 3 heterocycles. The molecule has 4 rings (SSSR count). The third-order valence-electron chi connectivity index (χ3n) is 4.16. The van der Waals surface area contributed by atoms with Gasteiger partial charge in [0.25, 0.3) is 5.91 Å². The Balaban J connectivity index is 1.54. The number of rotatable bonds is 5. The summed E-state index contributed by atoms with van der Waals surface area (Å²) in [5, 5.41) is 15.1. The highest BCUT2D eigenvalue weighted by Crippen LogP contribution is 2.28. The van der Waals surface area contributed by atoms with Crippen molar-refractivity contribution in [2.45, 2.75) is 6.54 Å². The van der Waals surface area contributed by atoms with Gasteiger partial charge in [-0.1, -0.05) is 12.6 Å². The first-order chi connectivity index (χ1) is 13.0. The van der Waals surface area contributed by atoms with Crippen LogP contribution in [0.1, 0.15) is 21.6 Å². The highest BCUT2D eigenvalue weighted by atomic mass is 16.5. The number of carbonyl (C=O) groups is 2. The molecule has 0 fully saturated rings. The third-order valence-corrected chi connectivity index (χ3v) is 4.16. The van der Waals surface area contributed by atoms with Gasteiger partial charge in [0, 0.05) is 12.7 Å². The van der Waals surface area contributed by atoms with Gasteiger partial charge in [0.1, 0.15) is 28.9 Å². The van der Waals surface area contributed by atoms with Crippen LogP contribution in [-0.2, 0) is 11.3 Å². The summed E-state index contributed by atoms with van der Waals surface area (Å²) in [6, 6.07) is 5.49. The Bertz CT molecular complexity index is 1090. The molecule has 0 bridgehead atoms. The molecule has 0 spiro atoms. The lowest BCUT2D eigenvalue weighted by atomic mass is 10.1. The van der Waals surface area contributed by atoms with Gasteiger partial charge in [-0.15, -0.1) is 0 Å². The molecule has 2 aromatic heterocycles. The van der Waals surface area contributed by atoms with Crippen LogP contribution in [0.4, 0.5) is 5.69 Å². The summed E-state index contributed by atoms with van der Waals surface area (Å²) in [6.07, 6.45) is 2.68.